The van der Waals surface area contributed by atoms with E-state index in [1.165, 1.54) is 0 Å². The van der Waals surface area contributed by atoms with Gasteiger partial charge in [0, 0.05) is 10.0 Å². The number of aromatic nitrogens is 5. The van der Waals surface area contributed by atoms with Crippen LogP contribution in [-0.4, -0.2) is 25.0 Å². The molecule has 3 rings (SSSR count). The van der Waals surface area contributed by atoms with E-state index in [1.807, 2.05) is 13.0 Å². The molecule has 3 aromatic rings. The Morgan fingerprint density at radius 2 is 2.10 bits per heavy atom. The maximum atomic E-state index is 6.23. The highest BCUT2D eigenvalue weighted by molar-refractivity contribution is 9.10. The molecule has 2 aromatic heterocycles. The molecule has 20 heavy (non-hydrogen) atoms. The minimum atomic E-state index is -0.131. The summed E-state index contributed by atoms with van der Waals surface area (Å²) in [6.07, 6.45) is 1.58. The number of benzene rings is 1. The van der Waals surface area contributed by atoms with Gasteiger partial charge in [0.1, 0.15) is 4.60 Å². The molecule has 2 heterocycles. The first-order valence-corrected chi connectivity index (χ1v) is 7.29. The van der Waals surface area contributed by atoms with E-state index in [4.69, 9.17) is 23.2 Å². The van der Waals surface area contributed by atoms with Gasteiger partial charge in [0.05, 0.1) is 12.2 Å². The largest absolute Gasteiger partial charge is 0.229 e. The Bertz CT molecular complexity index is 789. The molecule has 0 aliphatic heterocycles. The molecule has 0 saturated carbocycles. The number of hydrogen-bond donors (Lipinski definition) is 0. The van der Waals surface area contributed by atoms with Crippen molar-refractivity contribution in [2.75, 3.05) is 0 Å². The molecule has 102 valence electrons. The third kappa shape index (κ3) is 2.39. The van der Waals surface area contributed by atoms with Crippen LogP contribution in [0.5, 0.6) is 0 Å². The van der Waals surface area contributed by atoms with Crippen LogP contribution in [0.1, 0.15) is 18.5 Å². The summed E-state index contributed by atoms with van der Waals surface area (Å²) in [7, 11) is 0. The Morgan fingerprint density at radius 3 is 2.85 bits per heavy atom. The van der Waals surface area contributed by atoms with Crippen molar-refractivity contribution in [3.8, 4) is 0 Å². The first kappa shape index (κ1) is 13.7. The summed E-state index contributed by atoms with van der Waals surface area (Å²) >= 11 is 15.4. The normalized spacial score (nSPS) is 12.8. The van der Waals surface area contributed by atoms with Crippen molar-refractivity contribution >= 4 is 50.4 Å². The summed E-state index contributed by atoms with van der Waals surface area (Å²) in [5, 5.41) is 9.28. The molecule has 1 atom stereocenters. The molecule has 0 N–H and O–H groups in total. The predicted molar refractivity (Wildman–Crippen MR) is 81.1 cm³/mol. The summed E-state index contributed by atoms with van der Waals surface area (Å²) in [4.78, 5) is 8.51. The lowest BCUT2D eigenvalue weighted by atomic mass is 10.1. The van der Waals surface area contributed by atoms with Crippen LogP contribution in [0.15, 0.2) is 29.0 Å². The molecule has 0 fully saturated rings. The van der Waals surface area contributed by atoms with E-state index < -0.39 is 0 Å². The summed E-state index contributed by atoms with van der Waals surface area (Å²) in [5.74, 6) is 0. The van der Waals surface area contributed by atoms with Crippen molar-refractivity contribution < 1.29 is 0 Å². The highest BCUT2D eigenvalue weighted by Crippen LogP contribution is 2.29. The molecule has 0 saturated heterocycles. The van der Waals surface area contributed by atoms with Crippen LogP contribution in [0.2, 0.25) is 10.0 Å². The molecular weight excluding hydrogens is 365 g/mol. The Hall–Kier alpha value is -1.24. The number of nitrogens with zero attached hydrogens (tertiary/aromatic N) is 5. The van der Waals surface area contributed by atoms with Crippen LogP contribution in [0.25, 0.3) is 11.3 Å². The maximum Gasteiger partial charge on any atom is 0.221 e. The fourth-order valence-electron chi connectivity index (χ4n) is 1.94. The van der Waals surface area contributed by atoms with Crippen molar-refractivity contribution in [3.05, 3.63) is 44.6 Å². The molecule has 0 amide bonds. The topological polar surface area (TPSA) is 56.5 Å². The lowest BCUT2D eigenvalue weighted by molar-refractivity contribution is 0.556. The van der Waals surface area contributed by atoms with Gasteiger partial charge in [-0.05, 0) is 40.5 Å². The van der Waals surface area contributed by atoms with E-state index in [9.17, 15) is 0 Å². The molecule has 0 aliphatic carbocycles. The predicted octanol–water partition coefficient (Wildman–Crippen LogP) is 3.90. The molecule has 1 aromatic carbocycles. The second-order valence-electron chi connectivity index (χ2n) is 4.22. The Labute approximate surface area is 133 Å². The average Bonchev–Trinajstić information content (AvgIpc) is 2.81. The van der Waals surface area contributed by atoms with Gasteiger partial charge < -0.3 is 0 Å². The quantitative estimate of drug-likeness (QED) is 0.684. The van der Waals surface area contributed by atoms with Crippen LogP contribution >= 0.6 is 39.1 Å². The number of hydrogen-bond acceptors (Lipinski definition) is 4. The average molecular weight is 373 g/mol. The van der Waals surface area contributed by atoms with Gasteiger partial charge in [0.2, 0.25) is 5.65 Å². The van der Waals surface area contributed by atoms with E-state index in [0.717, 1.165) is 5.56 Å². The smallest absolute Gasteiger partial charge is 0.221 e. The molecule has 8 heteroatoms. The zero-order valence-corrected chi connectivity index (χ0v) is 13.4. The standard InChI is InChI=1S/C12H8BrCl2N5/c1-6(8-3-2-7(14)4-9(8)15)20-12-11(18-19-20)16-5-10(13)17-12/h2-6H,1H3/t6-/m1/s1. The number of rotatable bonds is 2. The van der Waals surface area contributed by atoms with Gasteiger partial charge in [0.15, 0.2) is 5.65 Å². The minimum absolute atomic E-state index is 0.131. The van der Waals surface area contributed by atoms with E-state index in [1.54, 1.807) is 23.0 Å². The molecule has 0 bridgehead atoms. The fourth-order valence-corrected chi connectivity index (χ4v) is 2.78. The maximum absolute atomic E-state index is 6.23. The summed E-state index contributed by atoms with van der Waals surface area (Å²) in [6, 6.07) is 5.23. The molecule has 0 radical (unpaired) electrons. The van der Waals surface area contributed by atoms with Gasteiger partial charge >= 0.3 is 0 Å². The lowest BCUT2D eigenvalue weighted by Crippen LogP contribution is -2.10. The van der Waals surface area contributed by atoms with Gasteiger partial charge in [0.25, 0.3) is 0 Å². The summed E-state index contributed by atoms with van der Waals surface area (Å²) in [6.45, 7) is 1.96. The number of fused-ring (bicyclic) bond motifs is 1. The zero-order valence-electron chi connectivity index (χ0n) is 10.3. The van der Waals surface area contributed by atoms with Crippen molar-refractivity contribution in [1.82, 2.24) is 25.0 Å². The van der Waals surface area contributed by atoms with E-state index in [-0.39, 0.29) is 6.04 Å². The van der Waals surface area contributed by atoms with Gasteiger partial charge in [-0.3, -0.25) is 0 Å². The molecule has 0 unspecified atom stereocenters. The number of halogens is 3. The van der Waals surface area contributed by atoms with Gasteiger partial charge in [-0.1, -0.05) is 34.5 Å². The third-order valence-electron chi connectivity index (χ3n) is 2.94. The van der Waals surface area contributed by atoms with Crippen LogP contribution < -0.4 is 0 Å². The first-order valence-electron chi connectivity index (χ1n) is 5.74. The van der Waals surface area contributed by atoms with E-state index >= 15 is 0 Å². The third-order valence-corrected chi connectivity index (χ3v) is 3.88. The van der Waals surface area contributed by atoms with Crippen LogP contribution in [0, 0.1) is 0 Å². The van der Waals surface area contributed by atoms with Crippen LogP contribution in [0.3, 0.4) is 0 Å². The van der Waals surface area contributed by atoms with Crippen LogP contribution in [-0.2, 0) is 0 Å². The Morgan fingerprint density at radius 1 is 1.30 bits per heavy atom. The van der Waals surface area contributed by atoms with Crippen LogP contribution in [0.4, 0.5) is 0 Å². The second-order valence-corrected chi connectivity index (χ2v) is 5.87. The zero-order chi connectivity index (χ0) is 14.3. The first-order chi connectivity index (χ1) is 9.56. The molecular formula is C12H8BrCl2N5. The second kappa shape index (κ2) is 5.27. The van der Waals surface area contributed by atoms with Crippen molar-refractivity contribution in [2.45, 2.75) is 13.0 Å². The fraction of sp³-hybridized carbons (Fsp3) is 0.167. The van der Waals surface area contributed by atoms with E-state index in [0.29, 0.717) is 25.9 Å². The highest BCUT2D eigenvalue weighted by Gasteiger charge is 2.17. The van der Waals surface area contributed by atoms with Gasteiger partial charge in [-0.2, -0.15) is 0 Å². The Balaban J connectivity index is 2.12. The van der Waals surface area contributed by atoms with Crippen molar-refractivity contribution in [1.29, 1.82) is 0 Å². The van der Waals surface area contributed by atoms with Gasteiger partial charge in [-0.25, -0.2) is 14.6 Å². The van der Waals surface area contributed by atoms with Crippen molar-refractivity contribution in [2.24, 2.45) is 0 Å². The minimum Gasteiger partial charge on any atom is -0.229 e. The summed E-state index contributed by atoms with van der Waals surface area (Å²) in [5.41, 5.74) is 1.98. The lowest BCUT2D eigenvalue weighted by Gasteiger charge is -2.14. The molecule has 0 spiro atoms. The monoisotopic (exact) mass is 371 g/mol. The summed E-state index contributed by atoms with van der Waals surface area (Å²) < 4.78 is 2.31. The Kier molecular flexibility index (Phi) is 3.62. The van der Waals surface area contributed by atoms with Gasteiger partial charge in [-0.15, -0.1) is 5.10 Å². The molecule has 0 aliphatic rings. The highest BCUT2D eigenvalue weighted by atomic mass is 79.9. The van der Waals surface area contributed by atoms with E-state index in [2.05, 4.69) is 36.2 Å². The van der Waals surface area contributed by atoms with Crippen molar-refractivity contribution in [3.63, 3.8) is 0 Å². The molecule has 5 nitrogen and oxygen atoms in total. The SMILES string of the molecule is C[C@H](c1ccc(Cl)cc1Cl)n1nnc2ncc(Br)nc21.